The van der Waals surface area contributed by atoms with Crippen molar-refractivity contribution in [3.8, 4) is 0 Å². The molecule has 0 aliphatic heterocycles. The van der Waals surface area contributed by atoms with E-state index in [1.165, 1.54) is 15.6 Å². The first kappa shape index (κ1) is 17.0. The molecule has 1 aromatic heterocycles. The van der Waals surface area contributed by atoms with E-state index >= 15 is 0 Å². The smallest absolute Gasteiger partial charge is 0.212 e. The van der Waals surface area contributed by atoms with Gasteiger partial charge in [0.2, 0.25) is 10.0 Å². The van der Waals surface area contributed by atoms with Crippen LogP contribution in [0, 0.1) is 0 Å². The maximum atomic E-state index is 12.2. The van der Waals surface area contributed by atoms with Crippen molar-refractivity contribution in [1.82, 2.24) is 4.31 Å². The predicted octanol–water partition coefficient (Wildman–Crippen LogP) is 3.74. The molecule has 0 saturated carbocycles. The highest BCUT2D eigenvalue weighted by Gasteiger charge is 2.21. The van der Waals surface area contributed by atoms with Crippen LogP contribution in [-0.2, 0) is 16.6 Å². The number of hydrogen-bond acceptors (Lipinski definition) is 3. The van der Waals surface area contributed by atoms with Crippen LogP contribution < -0.4 is 0 Å². The second-order valence-corrected chi connectivity index (χ2v) is 8.27. The van der Waals surface area contributed by atoms with Crippen molar-refractivity contribution in [2.24, 2.45) is 0 Å². The molecular weight excluding hydrogens is 325 g/mol. The third kappa shape index (κ3) is 5.83. The highest BCUT2D eigenvalue weighted by molar-refractivity contribution is 7.89. The largest absolute Gasteiger partial charge is 0.214 e. The fraction of sp³-hybridized carbons (Fsp3) is 0.500. The lowest BCUT2D eigenvalue weighted by atomic mass is 10.4. The summed E-state index contributed by atoms with van der Waals surface area (Å²) >= 11 is 12.8. The van der Waals surface area contributed by atoms with Crippen molar-refractivity contribution in [2.45, 2.75) is 19.4 Å². The van der Waals surface area contributed by atoms with Crippen LogP contribution in [0.15, 0.2) is 24.8 Å². The number of nitrogens with zero attached hydrogens (tertiary/aromatic N) is 1. The molecule has 7 heteroatoms. The van der Waals surface area contributed by atoms with E-state index in [0.29, 0.717) is 36.1 Å². The van der Waals surface area contributed by atoms with Crippen molar-refractivity contribution in [3.05, 3.63) is 34.0 Å². The number of thiophene rings is 1. The molecule has 0 unspecified atom stereocenters. The molecule has 1 aromatic rings. The first-order valence-electron chi connectivity index (χ1n) is 5.88. The Morgan fingerprint density at radius 2 is 2.11 bits per heavy atom. The lowest BCUT2D eigenvalue weighted by Crippen LogP contribution is -2.32. The number of hydrogen-bond donors (Lipinski definition) is 0. The maximum absolute atomic E-state index is 12.2. The SMILES string of the molecule is C=CCN(Cc1ccc(Cl)s1)S(=O)(=O)CCCCCl. The van der Waals surface area contributed by atoms with Gasteiger partial charge in [-0.25, -0.2) is 8.42 Å². The fourth-order valence-corrected chi connectivity index (χ4v) is 4.41. The summed E-state index contributed by atoms with van der Waals surface area (Å²) in [6.07, 6.45) is 2.87. The van der Waals surface area contributed by atoms with E-state index in [4.69, 9.17) is 23.2 Å². The van der Waals surface area contributed by atoms with Gasteiger partial charge in [0, 0.05) is 23.8 Å². The van der Waals surface area contributed by atoms with Crippen LogP contribution >= 0.6 is 34.5 Å². The van der Waals surface area contributed by atoms with Crippen molar-refractivity contribution in [3.63, 3.8) is 0 Å². The van der Waals surface area contributed by atoms with E-state index in [1.54, 1.807) is 12.1 Å². The lowest BCUT2D eigenvalue weighted by molar-refractivity contribution is 0.440. The minimum atomic E-state index is -3.28. The molecule has 0 fully saturated rings. The first-order chi connectivity index (χ1) is 8.99. The number of unbranched alkanes of at least 4 members (excludes halogenated alkanes) is 1. The molecule has 108 valence electrons. The maximum Gasteiger partial charge on any atom is 0.214 e. The Labute approximate surface area is 128 Å². The van der Waals surface area contributed by atoms with Crippen LogP contribution in [0.3, 0.4) is 0 Å². The molecule has 0 bridgehead atoms. The van der Waals surface area contributed by atoms with Gasteiger partial charge in [0.15, 0.2) is 0 Å². The fourth-order valence-electron chi connectivity index (χ4n) is 1.54. The minimum absolute atomic E-state index is 0.118. The van der Waals surface area contributed by atoms with Gasteiger partial charge in [-0.1, -0.05) is 17.7 Å². The highest BCUT2D eigenvalue weighted by atomic mass is 35.5. The molecule has 1 heterocycles. The van der Waals surface area contributed by atoms with Crippen molar-refractivity contribution < 1.29 is 8.42 Å². The summed E-state index contributed by atoms with van der Waals surface area (Å²) in [7, 11) is -3.28. The summed E-state index contributed by atoms with van der Waals surface area (Å²) in [6, 6.07) is 3.62. The molecule has 19 heavy (non-hydrogen) atoms. The van der Waals surface area contributed by atoms with E-state index in [9.17, 15) is 8.42 Å². The van der Waals surface area contributed by atoms with E-state index in [2.05, 4.69) is 6.58 Å². The summed E-state index contributed by atoms with van der Waals surface area (Å²) in [5.41, 5.74) is 0. The molecule has 0 radical (unpaired) electrons. The minimum Gasteiger partial charge on any atom is -0.212 e. The van der Waals surface area contributed by atoms with Gasteiger partial charge in [-0.15, -0.1) is 29.5 Å². The van der Waals surface area contributed by atoms with Gasteiger partial charge in [-0.2, -0.15) is 4.31 Å². The van der Waals surface area contributed by atoms with Crippen molar-refractivity contribution in [2.75, 3.05) is 18.2 Å². The quantitative estimate of drug-likeness (QED) is 0.389. The Bertz CT molecular complexity index is 500. The number of halogens is 2. The number of rotatable bonds is 9. The zero-order valence-electron chi connectivity index (χ0n) is 10.5. The average molecular weight is 342 g/mol. The second-order valence-electron chi connectivity index (χ2n) is 4.00. The Morgan fingerprint density at radius 1 is 1.37 bits per heavy atom. The molecule has 0 aliphatic carbocycles. The molecule has 0 N–H and O–H groups in total. The van der Waals surface area contributed by atoms with Crippen molar-refractivity contribution in [1.29, 1.82) is 0 Å². The Balaban J connectivity index is 2.72. The molecule has 0 aliphatic rings. The zero-order chi connectivity index (χ0) is 14.3. The van der Waals surface area contributed by atoms with Crippen LogP contribution in [0.4, 0.5) is 0 Å². The zero-order valence-corrected chi connectivity index (χ0v) is 13.7. The Kier molecular flexibility index (Phi) is 7.39. The summed E-state index contributed by atoms with van der Waals surface area (Å²) in [5, 5.41) is 0. The topological polar surface area (TPSA) is 37.4 Å². The van der Waals surface area contributed by atoms with Gasteiger partial charge in [0.05, 0.1) is 10.1 Å². The van der Waals surface area contributed by atoms with Gasteiger partial charge in [0.25, 0.3) is 0 Å². The van der Waals surface area contributed by atoms with Crippen LogP contribution in [0.1, 0.15) is 17.7 Å². The molecule has 0 spiro atoms. The Morgan fingerprint density at radius 3 is 2.63 bits per heavy atom. The van der Waals surface area contributed by atoms with Crippen LogP contribution in [0.2, 0.25) is 4.34 Å². The van der Waals surface area contributed by atoms with Gasteiger partial charge in [0.1, 0.15) is 0 Å². The molecule has 0 atom stereocenters. The van der Waals surface area contributed by atoms with E-state index in [0.717, 1.165) is 4.88 Å². The number of alkyl halides is 1. The summed E-state index contributed by atoms with van der Waals surface area (Å²) < 4.78 is 26.5. The second kappa shape index (κ2) is 8.27. The van der Waals surface area contributed by atoms with Gasteiger partial charge >= 0.3 is 0 Å². The monoisotopic (exact) mass is 341 g/mol. The third-order valence-electron chi connectivity index (χ3n) is 2.47. The molecule has 1 rings (SSSR count). The standard InChI is InChI=1S/C12H17Cl2NO2S2/c1-2-8-15(10-11-5-6-12(14)18-11)19(16,17)9-4-3-7-13/h2,5-6H,1,3-4,7-10H2. The summed E-state index contributed by atoms with van der Waals surface area (Å²) in [5.74, 6) is 0.601. The normalized spacial score (nSPS) is 11.9. The van der Waals surface area contributed by atoms with Crippen molar-refractivity contribution >= 4 is 44.6 Å². The van der Waals surface area contributed by atoms with Crippen LogP contribution in [0.25, 0.3) is 0 Å². The third-order valence-corrected chi connectivity index (χ3v) is 5.83. The van der Waals surface area contributed by atoms with Gasteiger partial charge in [-0.3, -0.25) is 0 Å². The summed E-state index contributed by atoms with van der Waals surface area (Å²) in [4.78, 5) is 0.924. The molecule has 3 nitrogen and oxygen atoms in total. The van der Waals surface area contributed by atoms with Crippen LogP contribution in [-0.4, -0.2) is 30.9 Å². The summed E-state index contributed by atoms with van der Waals surface area (Å²) in [6.45, 7) is 4.25. The Hall–Kier alpha value is -0.0700. The van der Waals surface area contributed by atoms with E-state index in [1.807, 2.05) is 6.07 Å². The predicted molar refractivity (Wildman–Crippen MR) is 83.7 cm³/mol. The molecule has 0 aromatic carbocycles. The van der Waals surface area contributed by atoms with E-state index < -0.39 is 10.0 Å². The molecule has 0 amide bonds. The molecule has 0 saturated heterocycles. The highest BCUT2D eigenvalue weighted by Crippen LogP contribution is 2.23. The first-order valence-corrected chi connectivity index (χ1v) is 9.22. The van der Waals surface area contributed by atoms with Crippen LogP contribution in [0.5, 0.6) is 0 Å². The average Bonchev–Trinajstić information content (AvgIpc) is 2.74. The lowest BCUT2D eigenvalue weighted by Gasteiger charge is -2.19. The molecular formula is C12H17Cl2NO2S2. The van der Waals surface area contributed by atoms with E-state index in [-0.39, 0.29) is 5.75 Å². The van der Waals surface area contributed by atoms with Gasteiger partial charge in [-0.05, 0) is 25.0 Å². The van der Waals surface area contributed by atoms with Gasteiger partial charge < -0.3 is 0 Å². The number of sulfonamides is 1.